The third kappa shape index (κ3) is 5.89. The van der Waals surface area contributed by atoms with Gasteiger partial charge >= 0.3 is 0 Å². The van der Waals surface area contributed by atoms with Crippen molar-refractivity contribution in [2.24, 2.45) is 5.92 Å². The van der Waals surface area contributed by atoms with Gasteiger partial charge in [-0.05, 0) is 38.1 Å². The topological polar surface area (TPSA) is 12.0 Å². The summed E-state index contributed by atoms with van der Waals surface area (Å²) >= 11 is 0. The van der Waals surface area contributed by atoms with Crippen LogP contribution in [0.4, 0.5) is 0 Å². The summed E-state index contributed by atoms with van der Waals surface area (Å²) in [5.41, 5.74) is 0. The van der Waals surface area contributed by atoms with Gasteiger partial charge in [-0.2, -0.15) is 0 Å². The Balaban J connectivity index is 1.84. The van der Waals surface area contributed by atoms with E-state index in [4.69, 9.17) is 7.85 Å². The first-order valence-corrected chi connectivity index (χ1v) is 8.85. The van der Waals surface area contributed by atoms with Crippen molar-refractivity contribution < 1.29 is 0 Å². The molecule has 1 N–H and O–H groups in total. The van der Waals surface area contributed by atoms with Crippen LogP contribution < -0.4 is 5.32 Å². The van der Waals surface area contributed by atoms with E-state index in [9.17, 15) is 0 Å². The molecule has 0 aromatic rings. The first kappa shape index (κ1) is 15.4. The van der Waals surface area contributed by atoms with Crippen molar-refractivity contribution in [3.63, 3.8) is 0 Å². The Hall–Kier alpha value is 0.0249. The van der Waals surface area contributed by atoms with Crippen molar-refractivity contribution in [1.82, 2.24) is 5.32 Å². The molecule has 0 spiro atoms. The van der Waals surface area contributed by atoms with Crippen molar-refractivity contribution >= 4 is 7.85 Å². The Morgan fingerprint density at radius 3 is 2.21 bits per heavy atom. The molecule has 19 heavy (non-hydrogen) atoms. The lowest BCUT2D eigenvalue weighted by atomic mass is 9.79. The summed E-state index contributed by atoms with van der Waals surface area (Å²) in [4.78, 5) is 0. The van der Waals surface area contributed by atoms with Gasteiger partial charge in [0, 0.05) is 6.04 Å². The summed E-state index contributed by atoms with van der Waals surface area (Å²) in [6.07, 6.45) is 18.0. The first-order chi connectivity index (χ1) is 9.36. The Bertz CT molecular complexity index is 221. The summed E-state index contributed by atoms with van der Waals surface area (Å²) in [5.74, 6) is 1.40. The Morgan fingerprint density at radius 1 is 0.632 bits per heavy atom. The van der Waals surface area contributed by atoms with Crippen LogP contribution in [-0.2, 0) is 0 Å². The van der Waals surface area contributed by atoms with Gasteiger partial charge in [-0.3, -0.25) is 0 Å². The SMILES string of the molecule is [B]C1CCCCC(C2CCCCCCCN2)CCC1. The second-order valence-corrected chi connectivity index (χ2v) is 6.85. The molecular weight excluding hydrogens is 229 g/mol. The molecule has 3 atom stereocenters. The van der Waals surface area contributed by atoms with E-state index in [0.29, 0.717) is 5.82 Å². The Morgan fingerprint density at radius 2 is 1.26 bits per heavy atom. The van der Waals surface area contributed by atoms with Crippen molar-refractivity contribution in [2.45, 2.75) is 95.3 Å². The van der Waals surface area contributed by atoms with Crippen LogP contribution in [0.3, 0.4) is 0 Å². The van der Waals surface area contributed by atoms with Crippen LogP contribution in [-0.4, -0.2) is 20.4 Å². The van der Waals surface area contributed by atoms with E-state index < -0.39 is 0 Å². The molecule has 1 saturated heterocycles. The molecule has 1 saturated carbocycles. The summed E-state index contributed by atoms with van der Waals surface area (Å²) in [6, 6.07) is 0.799. The van der Waals surface area contributed by atoms with Crippen molar-refractivity contribution in [1.29, 1.82) is 0 Å². The predicted molar refractivity (Wildman–Crippen MR) is 84.8 cm³/mol. The number of nitrogens with one attached hydrogen (secondary N) is 1. The molecule has 1 heterocycles. The maximum atomic E-state index is 6.15. The minimum absolute atomic E-state index is 0.479. The van der Waals surface area contributed by atoms with Crippen LogP contribution in [0.15, 0.2) is 0 Å². The van der Waals surface area contributed by atoms with E-state index in [1.54, 1.807) is 0 Å². The minimum atomic E-state index is 0.479. The summed E-state index contributed by atoms with van der Waals surface area (Å²) < 4.78 is 0. The lowest BCUT2D eigenvalue weighted by Crippen LogP contribution is -2.36. The highest BCUT2D eigenvalue weighted by Gasteiger charge is 2.22. The first-order valence-electron chi connectivity index (χ1n) is 8.85. The Labute approximate surface area is 121 Å². The third-order valence-electron chi connectivity index (χ3n) is 5.22. The van der Waals surface area contributed by atoms with Crippen molar-refractivity contribution in [2.75, 3.05) is 6.54 Å². The van der Waals surface area contributed by atoms with Crippen molar-refractivity contribution in [3.05, 3.63) is 0 Å². The summed E-state index contributed by atoms with van der Waals surface area (Å²) in [6.45, 7) is 1.25. The quantitative estimate of drug-likeness (QED) is 0.679. The molecule has 0 aromatic carbocycles. The molecule has 2 heteroatoms. The highest BCUT2D eigenvalue weighted by Crippen LogP contribution is 2.30. The number of hydrogen-bond acceptors (Lipinski definition) is 1. The zero-order valence-electron chi connectivity index (χ0n) is 12.7. The van der Waals surface area contributed by atoms with E-state index in [0.717, 1.165) is 12.0 Å². The lowest BCUT2D eigenvalue weighted by molar-refractivity contribution is 0.289. The van der Waals surface area contributed by atoms with Crippen LogP contribution in [0.25, 0.3) is 0 Å². The van der Waals surface area contributed by atoms with Crippen molar-refractivity contribution in [3.8, 4) is 0 Å². The molecule has 1 nitrogen and oxygen atoms in total. The molecule has 1 aliphatic carbocycles. The highest BCUT2D eigenvalue weighted by molar-refractivity contribution is 6.11. The molecule has 3 unspecified atom stereocenters. The van der Waals surface area contributed by atoms with Gasteiger partial charge < -0.3 is 5.32 Å². The van der Waals surface area contributed by atoms with E-state index in [1.807, 2.05) is 0 Å². The predicted octanol–water partition coefficient (Wildman–Crippen LogP) is 4.62. The van der Waals surface area contributed by atoms with Crippen LogP contribution in [0.1, 0.15) is 83.5 Å². The maximum Gasteiger partial charge on any atom is 0.0699 e. The van der Waals surface area contributed by atoms with Gasteiger partial charge in [0.2, 0.25) is 0 Å². The van der Waals surface area contributed by atoms with Gasteiger partial charge in [-0.15, -0.1) is 0 Å². The average molecular weight is 261 g/mol. The molecule has 2 rings (SSSR count). The second kappa shape index (κ2) is 9.05. The van der Waals surface area contributed by atoms with Crippen LogP contribution in [0.5, 0.6) is 0 Å². The van der Waals surface area contributed by atoms with E-state index >= 15 is 0 Å². The summed E-state index contributed by atoms with van der Waals surface area (Å²) in [5, 5.41) is 3.88. The molecular formula is C17H32BN. The molecule has 0 amide bonds. The van der Waals surface area contributed by atoms with Gasteiger partial charge in [-0.1, -0.05) is 63.6 Å². The monoisotopic (exact) mass is 261 g/mol. The fraction of sp³-hybridized carbons (Fsp3) is 1.00. The molecule has 2 aliphatic rings. The number of rotatable bonds is 1. The number of hydrogen-bond donors (Lipinski definition) is 1. The smallest absolute Gasteiger partial charge is 0.0699 e. The molecule has 108 valence electrons. The van der Waals surface area contributed by atoms with Gasteiger partial charge in [0.15, 0.2) is 0 Å². The van der Waals surface area contributed by atoms with Crippen LogP contribution in [0.2, 0.25) is 5.82 Å². The molecule has 2 fully saturated rings. The molecule has 0 bridgehead atoms. The third-order valence-corrected chi connectivity index (χ3v) is 5.22. The van der Waals surface area contributed by atoms with E-state index in [2.05, 4.69) is 5.32 Å². The second-order valence-electron chi connectivity index (χ2n) is 6.85. The zero-order chi connectivity index (χ0) is 13.3. The Kier molecular flexibility index (Phi) is 7.34. The fourth-order valence-electron chi connectivity index (χ4n) is 3.96. The standard InChI is InChI=1S/C17H32BN/c18-16-11-6-5-9-15(10-8-12-16)17-13-4-2-1-3-7-14-19-17/h15-17,19H,1-14H2. The maximum absolute atomic E-state index is 6.15. The average Bonchev–Trinajstić information content (AvgIpc) is 2.60. The van der Waals surface area contributed by atoms with Gasteiger partial charge in [-0.25, -0.2) is 0 Å². The largest absolute Gasteiger partial charge is 0.314 e. The molecule has 2 radical (unpaired) electrons. The normalized spacial score (nSPS) is 36.1. The zero-order valence-corrected chi connectivity index (χ0v) is 12.7. The van der Waals surface area contributed by atoms with Crippen LogP contribution >= 0.6 is 0 Å². The van der Waals surface area contributed by atoms with E-state index in [1.165, 1.54) is 90.0 Å². The lowest BCUT2D eigenvalue weighted by Gasteiger charge is -2.28. The van der Waals surface area contributed by atoms with E-state index in [-0.39, 0.29) is 0 Å². The van der Waals surface area contributed by atoms with Crippen LogP contribution in [0, 0.1) is 5.92 Å². The molecule has 0 aromatic heterocycles. The van der Waals surface area contributed by atoms with Gasteiger partial charge in [0.05, 0.1) is 7.85 Å². The van der Waals surface area contributed by atoms with Gasteiger partial charge in [0.1, 0.15) is 0 Å². The minimum Gasteiger partial charge on any atom is -0.314 e. The highest BCUT2D eigenvalue weighted by atomic mass is 14.9. The fourth-order valence-corrected chi connectivity index (χ4v) is 3.96. The summed E-state index contributed by atoms with van der Waals surface area (Å²) in [7, 11) is 6.15. The van der Waals surface area contributed by atoms with Gasteiger partial charge in [0.25, 0.3) is 0 Å². The molecule has 1 aliphatic heterocycles.